The van der Waals surface area contributed by atoms with Gasteiger partial charge in [0.15, 0.2) is 5.58 Å². The summed E-state index contributed by atoms with van der Waals surface area (Å²) < 4.78 is 5.06. The summed E-state index contributed by atoms with van der Waals surface area (Å²) in [4.78, 5) is 0. The number of aromatic hydroxyl groups is 1. The van der Waals surface area contributed by atoms with E-state index in [0.717, 1.165) is 5.39 Å². The van der Waals surface area contributed by atoms with Crippen LogP contribution in [-0.2, 0) is 0 Å². The number of benzene rings is 1. The van der Waals surface area contributed by atoms with Crippen molar-refractivity contribution < 1.29 is 9.52 Å². The molecule has 0 saturated heterocycles. The molecule has 0 radical (unpaired) electrons. The molecule has 56 valence electrons. The number of halogens is 1. The Kier molecular flexibility index (Phi) is 1.29. The molecular weight excluding hydrogens is 164 g/mol. The zero-order valence-electron chi connectivity index (χ0n) is 5.54. The molecule has 1 aromatic carbocycles. The normalized spacial score (nSPS) is 10.6. The average Bonchev–Trinajstić information content (AvgIpc) is 2.34. The highest BCUT2D eigenvalue weighted by molar-refractivity contribution is 6.35. The van der Waals surface area contributed by atoms with Gasteiger partial charge < -0.3 is 9.52 Å². The summed E-state index contributed by atoms with van der Waals surface area (Å²) in [6.45, 7) is 0. The van der Waals surface area contributed by atoms with Crippen LogP contribution in [-0.4, -0.2) is 5.11 Å². The van der Waals surface area contributed by atoms with Gasteiger partial charge >= 0.3 is 0 Å². The van der Waals surface area contributed by atoms with Gasteiger partial charge in [0.25, 0.3) is 0 Å². The molecule has 11 heavy (non-hydrogen) atoms. The summed E-state index contributed by atoms with van der Waals surface area (Å²) in [6, 6.07) is 4.80. The lowest BCUT2D eigenvalue weighted by Gasteiger charge is -1.93. The van der Waals surface area contributed by atoms with E-state index in [0.29, 0.717) is 10.6 Å². The summed E-state index contributed by atoms with van der Waals surface area (Å²) >= 11 is 5.75. The number of fused-ring (bicyclic) bond motifs is 1. The standard InChI is InChI=1S/C8H5ClO2/c9-7-4-6(10)3-5-1-2-11-8(5)7/h1-4,10H. The van der Waals surface area contributed by atoms with Crippen LogP contribution in [0.1, 0.15) is 0 Å². The van der Waals surface area contributed by atoms with Crippen molar-refractivity contribution in [3.8, 4) is 5.75 Å². The highest BCUT2D eigenvalue weighted by Crippen LogP contribution is 2.28. The molecule has 2 aromatic rings. The van der Waals surface area contributed by atoms with Crippen molar-refractivity contribution >= 4 is 22.6 Å². The summed E-state index contributed by atoms with van der Waals surface area (Å²) in [5.74, 6) is 0.156. The van der Waals surface area contributed by atoms with Gasteiger partial charge in [-0.1, -0.05) is 11.6 Å². The lowest BCUT2D eigenvalue weighted by molar-refractivity contribution is 0.476. The first-order valence-corrected chi connectivity index (χ1v) is 3.51. The van der Waals surface area contributed by atoms with E-state index in [4.69, 9.17) is 21.1 Å². The lowest BCUT2D eigenvalue weighted by atomic mass is 10.2. The Bertz CT molecular complexity index is 392. The number of phenols is 1. The molecule has 0 saturated carbocycles. The smallest absolute Gasteiger partial charge is 0.152 e. The first kappa shape index (κ1) is 6.55. The van der Waals surface area contributed by atoms with Gasteiger partial charge in [0, 0.05) is 11.5 Å². The predicted octanol–water partition coefficient (Wildman–Crippen LogP) is 2.79. The molecule has 0 amide bonds. The third-order valence-electron chi connectivity index (χ3n) is 1.49. The van der Waals surface area contributed by atoms with Crippen LogP contribution in [0, 0.1) is 0 Å². The fourth-order valence-corrected chi connectivity index (χ4v) is 1.29. The van der Waals surface area contributed by atoms with Crippen molar-refractivity contribution in [1.29, 1.82) is 0 Å². The fraction of sp³-hybridized carbons (Fsp3) is 0. The Balaban J connectivity index is 2.91. The zero-order valence-corrected chi connectivity index (χ0v) is 6.30. The highest BCUT2D eigenvalue weighted by Gasteiger charge is 2.03. The molecule has 2 rings (SSSR count). The lowest BCUT2D eigenvalue weighted by Crippen LogP contribution is -1.67. The minimum Gasteiger partial charge on any atom is -0.508 e. The van der Waals surface area contributed by atoms with E-state index in [1.54, 1.807) is 12.1 Å². The minimum absolute atomic E-state index is 0.156. The van der Waals surface area contributed by atoms with Gasteiger partial charge in [-0.3, -0.25) is 0 Å². The van der Waals surface area contributed by atoms with E-state index in [1.807, 2.05) is 0 Å². The van der Waals surface area contributed by atoms with Crippen LogP contribution in [0.5, 0.6) is 5.75 Å². The van der Waals surface area contributed by atoms with Crippen LogP contribution in [0.15, 0.2) is 28.9 Å². The van der Waals surface area contributed by atoms with E-state index in [-0.39, 0.29) is 5.75 Å². The molecule has 1 heterocycles. The molecule has 2 nitrogen and oxygen atoms in total. The number of furan rings is 1. The van der Waals surface area contributed by atoms with Gasteiger partial charge in [0.1, 0.15) is 5.75 Å². The van der Waals surface area contributed by atoms with Gasteiger partial charge in [-0.15, -0.1) is 0 Å². The van der Waals surface area contributed by atoms with Crippen molar-refractivity contribution in [1.82, 2.24) is 0 Å². The zero-order chi connectivity index (χ0) is 7.84. The van der Waals surface area contributed by atoms with E-state index < -0.39 is 0 Å². The number of phenolic OH excluding ortho intramolecular Hbond substituents is 1. The van der Waals surface area contributed by atoms with Crippen LogP contribution >= 0.6 is 11.6 Å². The summed E-state index contributed by atoms with van der Waals surface area (Å²) in [7, 11) is 0. The Labute approximate surface area is 68.0 Å². The van der Waals surface area contributed by atoms with Crippen molar-refractivity contribution in [2.45, 2.75) is 0 Å². The molecule has 1 N–H and O–H groups in total. The summed E-state index contributed by atoms with van der Waals surface area (Å²) in [5, 5.41) is 10.4. The molecule has 0 atom stereocenters. The summed E-state index contributed by atoms with van der Waals surface area (Å²) in [5.41, 5.74) is 0.615. The van der Waals surface area contributed by atoms with Crippen molar-refractivity contribution in [2.75, 3.05) is 0 Å². The maximum Gasteiger partial charge on any atom is 0.152 e. The highest BCUT2D eigenvalue weighted by atomic mass is 35.5. The second-order valence-electron chi connectivity index (χ2n) is 2.27. The number of rotatable bonds is 0. The largest absolute Gasteiger partial charge is 0.508 e. The molecule has 0 aliphatic heterocycles. The third kappa shape index (κ3) is 0.955. The number of hydrogen-bond acceptors (Lipinski definition) is 2. The second-order valence-corrected chi connectivity index (χ2v) is 2.67. The van der Waals surface area contributed by atoms with Gasteiger partial charge in [0.05, 0.1) is 11.3 Å². The molecule has 1 aromatic heterocycles. The molecule has 0 aliphatic rings. The van der Waals surface area contributed by atoms with Crippen LogP contribution in [0.3, 0.4) is 0 Å². The average molecular weight is 169 g/mol. The topological polar surface area (TPSA) is 33.4 Å². The van der Waals surface area contributed by atoms with Crippen molar-refractivity contribution in [2.24, 2.45) is 0 Å². The van der Waals surface area contributed by atoms with Crippen LogP contribution < -0.4 is 0 Å². The van der Waals surface area contributed by atoms with Gasteiger partial charge in [-0.05, 0) is 12.1 Å². The molecule has 0 spiro atoms. The fourth-order valence-electron chi connectivity index (χ4n) is 1.02. The van der Waals surface area contributed by atoms with E-state index in [1.165, 1.54) is 12.3 Å². The molecule has 3 heteroatoms. The van der Waals surface area contributed by atoms with Crippen molar-refractivity contribution in [3.63, 3.8) is 0 Å². The molecule has 0 bridgehead atoms. The Hall–Kier alpha value is -1.15. The summed E-state index contributed by atoms with van der Waals surface area (Å²) in [6.07, 6.45) is 1.54. The molecule has 0 fully saturated rings. The Morgan fingerprint density at radius 3 is 3.00 bits per heavy atom. The Morgan fingerprint density at radius 1 is 1.36 bits per heavy atom. The van der Waals surface area contributed by atoms with Crippen LogP contribution in [0.25, 0.3) is 11.0 Å². The first-order chi connectivity index (χ1) is 5.27. The minimum atomic E-state index is 0.156. The number of hydrogen-bond donors (Lipinski definition) is 1. The van der Waals surface area contributed by atoms with Crippen LogP contribution in [0.4, 0.5) is 0 Å². The molecule has 0 aliphatic carbocycles. The predicted molar refractivity (Wildman–Crippen MR) is 42.9 cm³/mol. The maximum atomic E-state index is 9.10. The van der Waals surface area contributed by atoms with E-state index in [2.05, 4.69) is 0 Å². The van der Waals surface area contributed by atoms with Crippen LogP contribution in [0.2, 0.25) is 5.02 Å². The van der Waals surface area contributed by atoms with E-state index >= 15 is 0 Å². The van der Waals surface area contributed by atoms with Crippen molar-refractivity contribution in [3.05, 3.63) is 29.5 Å². The maximum absolute atomic E-state index is 9.10. The molecular formula is C8H5ClO2. The van der Waals surface area contributed by atoms with Gasteiger partial charge in [0.2, 0.25) is 0 Å². The van der Waals surface area contributed by atoms with Gasteiger partial charge in [-0.25, -0.2) is 0 Å². The quantitative estimate of drug-likeness (QED) is 0.656. The second kappa shape index (κ2) is 2.17. The Morgan fingerprint density at radius 2 is 2.18 bits per heavy atom. The third-order valence-corrected chi connectivity index (χ3v) is 1.77. The first-order valence-electron chi connectivity index (χ1n) is 3.13. The monoisotopic (exact) mass is 168 g/mol. The molecule has 0 unspecified atom stereocenters. The van der Waals surface area contributed by atoms with E-state index in [9.17, 15) is 0 Å². The SMILES string of the molecule is Oc1cc(Cl)c2occc2c1. The van der Waals surface area contributed by atoms with Gasteiger partial charge in [-0.2, -0.15) is 0 Å².